The van der Waals surface area contributed by atoms with Gasteiger partial charge in [0, 0.05) is 24.2 Å². The fraction of sp³-hybridized carbons (Fsp3) is 0.350. The van der Waals surface area contributed by atoms with Crippen LogP contribution in [0.1, 0.15) is 27.0 Å². The second kappa shape index (κ2) is 8.89. The molecule has 1 amide bonds. The second-order valence-corrected chi connectivity index (χ2v) is 8.72. The van der Waals surface area contributed by atoms with Gasteiger partial charge in [-0.2, -0.15) is 0 Å². The van der Waals surface area contributed by atoms with Crippen molar-refractivity contribution < 1.29 is 27.4 Å². The van der Waals surface area contributed by atoms with Crippen molar-refractivity contribution in [1.29, 1.82) is 0 Å². The largest absolute Gasteiger partial charge is 0.394 e. The van der Waals surface area contributed by atoms with E-state index in [9.17, 15) is 17.6 Å². The Balaban J connectivity index is 1.62. The number of aliphatic hydroxyl groups is 1. The van der Waals surface area contributed by atoms with Gasteiger partial charge in [-0.25, -0.2) is 12.8 Å². The highest BCUT2D eigenvalue weighted by Gasteiger charge is 2.26. The summed E-state index contributed by atoms with van der Waals surface area (Å²) < 4.78 is 44.1. The Kier molecular flexibility index (Phi) is 6.51. The molecular formula is C20H23FN2O5S. The number of nitrogens with one attached hydrogen (secondary N) is 1. The summed E-state index contributed by atoms with van der Waals surface area (Å²) in [5, 5.41) is 11.4. The lowest BCUT2D eigenvalue weighted by Gasteiger charge is -2.16. The molecule has 2 aromatic rings. The summed E-state index contributed by atoms with van der Waals surface area (Å²) in [5.41, 5.74) is 2.81. The number of aliphatic hydroxyl groups excluding tert-OH is 1. The summed E-state index contributed by atoms with van der Waals surface area (Å²) in [7, 11) is -3.33. The molecule has 9 heteroatoms. The predicted molar refractivity (Wildman–Crippen MR) is 107 cm³/mol. The summed E-state index contributed by atoms with van der Waals surface area (Å²) in [6.45, 7) is 0.603. The van der Waals surface area contributed by atoms with Gasteiger partial charge in [0.15, 0.2) is 0 Å². The van der Waals surface area contributed by atoms with Crippen LogP contribution < -0.4 is 9.62 Å². The van der Waals surface area contributed by atoms with Crippen LogP contribution in [0.5, 0.6) is 0 Å². The fourth-order valence-electron chi connectivity index (χ4n) is 3.21. The molecule has 7 nitrogen and oxygen atoms in total. The molecule has 2 aromatic carbocycles. The highest BCUT2D eigenvalue weighted by molar-refractivity contribution is 7.92. The van der Waals surface area contributed by atoms with Crippen LogP contribution in [0, 0.1) is 5.82 Å². The second-order valence-electron chi connectivity index (χ2n) is 6.81. The molecule has 0 aliphatic carbocycles. The zero-order valence-corrected chi connectivity index (χ0v) is 16.8. The molecule has 0 aromatic heterocycles. The monoisotopic (exact) mass is 422 g/mol. The van der Waals surface area contributed by atoms with Crippen LogP contribution in [0.25, 0.3) is 0 Å². The van der Waals surface area contributed by atoms with Gasteiger partial charge in [0.1, 0.15) is 5.82 Å². The number of amides is 1. The molecule has 0 bridgehead atoms. The van der Waals surface area contributed by atoms with Crippen LogP contribution in [0.4, 0.5) is 10.1 Å². The lowest BCUT2D eigenvalue weighted by molar-refractivity contribution is 0.0799. The van der Waals surface area contributed by atoms with Crippen LogP contribution >= 0.6 is 0 Å². The van der Waals surface area contributed by atoms with Crippen LogP contribution in [-0.4, -0.2) is 45.4 Å². The average molecular weight is 422 g/mol. The molecular weight excluding hydrogens is 399 g/mol. The topological polar surface area (TPSA) is 95.9 Å². The maximum absolute atomic E-state index is 14.1. The third-order valence-electron chi connectivity index (χ3n) is 4.66. The molecule has 2 N–H and O–H groups in total. The molecule has 0 fully saturated rings. The standard InChI is InChI=1S/C20H23FN2O5S/c1-29(26,27)23-7-6-15-11-16(4-5-19(15)23)20(25)22-12-14-2-3-17(18(21)10-14)13-28-9-8-24/h2-5,10-11,24H,6-9,12-13H2,1H3,(H,22,25). The summed E-state index contributed by atoms with van der Waals surface area (Å²) in [6.07, 6.45) is 1.71. The number of rotatable bonds is 8. The molecule has 1 aliphatic rings. The summed E-state index contributed by atoms with van der Waals surface area (Å²) in [6, 6.07) is 9.54. The minimum Gasteiger partial charge on any atom is -0.394 e. The van der Waals surface area contributed by atoms with E-state index in [0.29, 0.717) is 35.3 Å². The molecule has 0 unspecified atom stereocenters. The Hall–Kier alpha value is -2.49. The van der Waals surface area contributed by atoms with Crippen LogP contribution in [0.2, 0.25) is 0 Å². The van der Waals surface area contributed by atoms with Gasteiger partial charge in [-0.05, 0) is 41.8 Å². The molecule has 29 heavy (non-hydrogen) atoms. The zero-order valence-electron chi connectivity index (χ0n) is 16.0. The van der Waals surface area contributed by atoms with E-state index in [1.165, 1.54) is 10.4 Å². The molecule has 0 atom stereocenters. The summed E-state index contributed by atoms with van der Waals surface area (Å²) in [4.78, 5) is 12.4. The van der Waals surface area contributed by atoms with E-state index in [4.69, 9.17) is 9.84 Å². The van der Waals surface area contributed by atoms with Crippen LogP contribution in [0.3, 0.4) is 0 Å². The Morgan fingerprint density at radius 2 is 2.07 bits per heavy atom. The quantitative estimate of drug-likeness (QED) is 0.630. The Bertz CT molecular complexity index is 1010. The van der Waals surface area contributed by atoms with E-state index in [1.807, 2.05) is 0 Å². The van der Waals surface area contributed by atoms with Crippen LogP contribution in [0.15, 0.2) is 36.4 Å². The minimum atomic E-state index is -3.33. The normalized spacial score (nSPS) is 13.4. The highest BCUT2D eigenvalue weighted by Crippen LogP contribution is 2.30. The number of benzene rings is 2. The van der Waals surface area contributed by atoms with Gasteiger partial charge in [-0.3, -0.25) is 9.10 Å². The Morgan fingerprint density at radius 1 is 1.28 bits per heavy atom. The number of nitrogens with zero attached hydrogens (tertiary/aromatic N) is 1. The van der Waals surface area contributed by atoms with Gasteiger partial charge in [-0.1, -0.05) is 12.1 Å². The fourth-order valence-corrected chi connectivity index (χ4v) is 4.16. The number of halogens is 1. The Morgan fingerprint density at radius 3 is 2.76 bits per heavy atom. The SMILES string of the molecule is CS(=O)(=O)N1CCc2cc(C(=O)NCc3ccc(COCCO)c(F)c3)ccc21. The van der Waals surface area contributed by atoms with E-state index >= 15 is 0 Å². The molecule has 1 heterocycles. The average Bonchev–Trinajstić information content (AvgIpc) is 3.11. The molecule has 0 radical (unpaired) electrons. The van der Waals surface area contributed by atoms with Gasteiger partial charge < -0.3 is 15.2 Å². The van der Waals surface area contributed by atoms with E-state index < -0.39 is 15.8 Å². The van der Waals surface area contributed by atoms with Crippen LogP contribution in [-0.2, 0) is 34.3 Å². The van der Waals surface area contributed by atoms with Crippen molar-refractivity contribution in [3.8, 4) is 0 Å². The van der Waals surface area contributed by atoms with Crippen molar-refractivity contribution in [3.05, 3.63) is 64.5 Å². The van der Waals surface area contributed by atoms with Crippen molar-refractivity contribution in [3.63, 3.8) is 0 Å². The van der Waals surface area contributed by atoms with Gasteiger partial charge in [0.2, 0.25) is 10.0 Å². The first-order valence-corrected chi connectivity index (χ1v) is 11.0. The Labute approximate surface area is 169 Å². The number of fused-ring (bicyclic) bond motifs is 1. The van der Waals surface area contributed by atoms with Gasteiger partial charge in [0.05, 0.1) is 31.8 Å². The van der Waals surface area contributed by atoms with Gasteiger partial charge in [0.25, 0.3) is 5.91 Å². The van der Waals surface area contributed by atoms with Crippen molar-refractivity contribution in [2.45, 2.75) is 19.6 Å². The number of hydrogen-bond acceptors (Lipinski definition) is 5. The maximum Gasteiger partial charge on any atom is 0.251 e. The molecule has 0 saturated heterocycles. The number of sulfonamides is 1. The van der Waals surface area contributed by atoms with E-state index in [2.05, 4.69) is 5.32 Å². The van der Waals surface area contributed by atoms with Crippen molar-refractivity contribution >= 4 is 21.6 Å². The molecule has 0 saturated carbocycles. The number of ether oxygens (including phenoxy) is 1. The number of hydrogen-bond donors (Lipinski definition) is 2. The highest BCUT2D eigenvalue weighted by atomic mass is 32.2. The first-order valence-electron chi connectivity index (χ1n) is 9.14. The zero-order chi connectivity index (χ0) is 21.0. The van der Waals surface area contributed by atoms with Crippen molar-refractivity contribution in [1.82, 2.24) is 5.32 Å². The van der Waals surface area contributed by atoms with Crippen molar-refractivity contribution in [2.75, 3.05) is 30.3 Å². The van der Waals surface area contributed by atoms with E-state index in [0.717, 1.165) is 11.8 Å². The number of anilines is 1. The summed E-state index contributed by atoms with van der Waals surface area (Å²) in [5.74, 6) is -0.755. The third-order valence-corrected chi connectivity index (χ3v) is 5.84. The number of carbonyl (C=O) groups is 1. The van der Waals surface area contributed by atoms with Gasteiger partial charge in [-0.15, -0.1) is 0 Å². The van der Waals surface area contributed by atoms with Gasteiger partial charge >= 0.3 is 0 Å². The van der Waals surface area contributed by atoms with Crippen molar-refractivity contribution in [2.24, 2.45) is 0 Å². The molecule has 3 rings (SSSR count). The maximum atomic E-state index is 14.1. The first kappa shape index (κ1) is 21.2. The smallest absolute Gasteiger partial charge is 0.251 e. The van der Waals surface area contributed by atoms with E-state index in [-0.39, 0.29) is 32.3 Å². The lowest BCUT2D eigenvalue weighted by Crippen LogP contribution is -2.27. The summed E-state index contributed by atoms with van der Waals surface area (Å²) >= 11 is 0. The molecule has 156 valence electrons. The molecule has 0 spiro atoms. The first-order chi connectivity index (χ1) is 13.8. The lowest BCUT2D eigenvalue weighted by atomic mass is 10.1. The van der Waals surface area contributed by atoms with E-state index in [1.54, 1.807) is 30.3 Å². The minimum absolute atomic E-state index is 0.0681. The number of carbonyl (C=O) groups excluding carboxylic acids is 1. The predicted octanol–water partition coefficient (Wildman–Crippen LogP) is 1.59. The third kappa shape index (κ3) is 5.11. The molecule has 1 aliphatic heterocycles.